The van der Waals surface area contributed by atoms with Crippen LogP contribution >= 0.6 is 25.3 Å². The summed E-state index contributed by atoms with van der Waals surface area (Å²) in [6.45, 7) is 4.76. The molecule has 0 aliphatic carbocycles. The zero-order valence-corrected chi connectivity index (χ0v) is 12.4. The number of amides is 1. The zero-order chi connectivity index (χ0) is 12.8. The number of rotatable bonds is 7. The predicted octanol–water partition coefficient (Wildman–Crippen LogP) is 1.45. The van der Waals surface area contributed by atoms with E-state index in [0.29, 0.717) is 18.3 Å². The van der Waals surface area contributed by atoms with E-state index in [2.05, 4.69) is 42.4 Å². The lowest BCUT2D eigenvalue weighted by Gasteiger charge is -2.27. The van der Waals surface area contributed by atoms with E-state index in [1.54, 1.807) is 0 Å². The minimum absolute atomic E-state index is 0.0126. The summed E-state index contributed by atoms with van der Waals surface area (Å²) in [4.78, 5) is 14.0. The van der Waals surface area contributed by atoms with Gasteiger partial charge in [-0.05, 0) is 27.4 Å². The van der Waals surface area contributed by atoms with Gasteiger partial charge in [-0.25, -0.2) is 0 Å². The Labute approximate surface area is 110 Å². The summed E-state index contributed by atoms with van der Waals surface area (Å²) in [5, 5.41) is 2.93. The van der Waals surface area contributed by atoms with Crippen molar-refractivity contribution >= 4 is 31.2 Å². The molecule has 0 aromatic heterocycles. The molecular weight excluding hydrogens is 240 g/mol. The van der Waals surface area contributed by atoms with Crippen LogP contribution in [0.15, 0.2) is 0 Å². The number of hydrogen-bond acceptors (Lipinski definition) is 4. The maximum absolute atomic E-state index is 12.0. The van der Waals surface area contributed by atoms with Crippen LogP contribution in [0.4, 0.5) is 0 Å². The third-order valence-corrected chi connectivity index (χ3v) is 4.16. The Morgan fingerprint density at radius 1 is 1.50 bits per heavy atom. The first kappa shape index (κ1) is 16.1. The van der Waals surface area contributed by atoms with Crippen LogP contribution in [0, 0.1) is 0 Å². The number of hydrogen-bond donors (Lipinski definition) is 3. The second kappa shape index (κ2) is 7.45. The van der Waals surface area contributed by atoms with Gasteiger partial charge >= 0.3 is 0 Å². The molecule has 0 fully saturated rings. The van der Waals surface area contributed by atoms with E-state index in [1.807, 2.05) is 21.0 Å². The summed E-state index contributed by atoms with van der Waals surface area (Å²) in [5.41, 5.74) is 0. The van der Waals surface area contributed by atoms with Gasteiger partial charge in [0.1, 0.15) is 4.75 Å². The van der Waals surface area contributed by atoms with E-state index in [4.69, 9.17) is 0 Å². The van der Waals surface area contributed by atoms with Crippen molar-refractivity contribution in [2.45, 2.75) is 37.5 Å². The molecule has 0 aromatic carbocycles. The van der Waals surface area contributed by atoms with E-state index >= 15 is 0 Å². The standard InChI is InChI=1S/C11H24N2OS2/c1-5-6-11(16,8-15)10(14)12-7-9(2)13(3)4/h9,15-16H,5-8H2,1-4H3,(H,12,14). The smallest absolute Gasteiger partial charge is 0.236 e. The van der Waals surface area contributed by atoms with Gasteiger partial charge in [0.15, 0.2) is 0 Å². The Hall–Kier alpha value is 0.130. The third kappa shape index (κ3) is 4.97. The molecule has 0 saturated heterocycles. The molecule has 16 heavy (non-hydrogen) atoms. The van der Waals surface area contributed by atoms with Gasteiger partial charge in [-0.15, -0.1) is 0 Å². The summed E-state index contributed by atoms with van der Waals surface area (Å²) in [7, 11) is 3.99. The molecule has 0 aliphatic heterocycles. The molecule has 0 aromatic rings. The lowest BCUT2D eigenvalue weighted by Crippen LogP contribution is -2.48. The highest BCUT2D eigenvalue weighted by Crippen LogP contribution is 2.23. The van der Waals surface area contributed by atoms with Gasteiger partial charge in [0.2, 0.25) is 5.91 Å². The third-order valence-electron chi connectivity index (χ3n) is 2.79. The monoisotopic (exact) mass is 264 g/mol. The molecular formula is C11H24N2OS2. The van der Waals surface area contributed by atoms with Gasteiger partial charge in [-0.2, -0.15) is 25.3 Å². The highest BCUT2D eigenvalue weighted by atomic mass is 32.1. The lowest BCUT2D eigenvalue weighted by atomic mass is 10.0. The predicted molar refractivity (Wildman–Crippen MR) is 76.6 cm³/mol. The van der Waals surface area contributed by atoms with Crippen molar-refractivity contribution in [2.75, 3.05) is 26.4 Å². The van der Waals surface area contributed by atoms with Crippen LogP contribution in [0.5, 0.6) is 0 Å². The van der Waals surface area contributed by atoms with E-state index in [0.717, 1.165) is 12.8 Å². The highest BCUT2D eigenvalue weighted by molar-refractivity contribution is 7.86. The molecule has 3 nitrogen and oxygen atoms in total. The largest absolute Gasteiger partial charge is 0.353 e. The maximum Gasteiger partial charge on any atom is 0.236 e. The average molecular weight is 264 g/mol. The Kier molecular flexibility index (Phi) is 7.52. The molecule has 5 heteroatoms. The number of nitrogens with zero attached hydrogens (tertiary/aromatic N) is 1. The second-order valence-electron chi connectivity index (χ2n) is 4.46. The molecule has 2 atom stereocenters. The molecule has 0 saturated carbocycles. The van der Waals surface area contributed by atoms with Crippen molar-refractivity contribution in [3.63, 3.8) is 0 Å². The minimum atomic E-state index is -0.635. The SMILES string of the molecule is CCCC(S)(CS)C(=O)NCC(C)N(C)C. The number of thiol groups is 2. The molecule has 1 N–H and O–H groups in total. The van der Waals surface area contributed by atoms with Crippen LogP contribution in [0.2, 0.25) is 0 Å². The maximum atomic E-state index is 12.0. The molecule has 0 heterocycles. The van der Waals surface area contributed by atoms with Crippen molar-refractivity contribution in [1.29, 1.82) is 0 Å². The molecule has 0 aliphatic rings. The molecule has 0 spiro atoms. The fraction of sp³-hybridized carbons (Fsp3) is 0.909. The van der Waals surface area contributed by atoms with Crippen LogP contribution < -0.4 is 5.32 Å². The van der Waals surface area contributed by atoms with Crippen LogP contribution in [-0.4, -0.2) is 48.0 Å². The Balaban J connectivity index is 4.22. The molecule has 0 radical (unpaired) electrons. The molecule has 0 bridgehead atoms. The Morgan fingerprint density at radius 2 is 2.06 bits per heavy atom. The first-order chi connectivity index (χ1) is 7.37. The molecule has 1 amide bonds. The summed E-state index contributed by atoms with van der Waals surface area (Å²) in [6, 6.07) is 0.322. The van der Waals surface area contributed by atoms with Crippen LogP contribution in [0.25, 0.3) is 0 Å². The topological polar surface area (TPSA) is 32.3 Å². The summed E-state index contributed by atoms with van der Waals surface area (Å²) in [5.74, 6) is 0.452. The van der Waals surface area contributed by atoms with Gasteiger partial charge in [0.25, 0.3) is 0 Å². The fourth-order valence-electron chi connectivity index (χ4n) is 1.27. The first-order valence-corrected chi connectivity index (χ1v) is 6.73. The summed E-state index contributed by atoms with van der Waals surface area (Å²) >= 11 is 8.66. The fourth-order valence-corrected chi connectivity index (χ4v) is 1.87. The Morgan fingerprint density at radius 3 is 2.44 bits per heavy atom. The molecule has 2 unspecified atom stereocenters. The second-order valence-corrected chi connectivity index (χ2v) is 5.63. The van der Waals surface area contributed by atoms with Gasteiger partial charge in [-0.3, -0.25) is 4.79 Å². The van der Waals surface area contributed by atoms with Gasteiger partial charge in [0, 0.05) is 18.3 Å². The quantitative estimate of drug-likeness (QED) is 0.608. The number of nitrogens with one attached hydrogen (secondary N) is 1. The normalized spacial score (nSPS) is 16.9. The van der Waals surface area contributed by atoms with Gasteiger partial charge < -0.3 is 10.2 Å². The highest BCUT2D eigenvalue weighted by Gasteiger charge is 2.31. The minimum Gasteiger partial charge on any atom is -0.353 e. The van der Waals surface area contributed by atoms with Crippen LogP contribution in [0.3, 0.4) is 0 Å². The lowest BCUT2D eigenvalue weighted by molar-refractivity contribution is -0.123. The van der Waals surface area contributed by atoms with Gasteiger partial charge in [0.05, 0.1) is 0 Å². The number of likely N-dealkylation sites (N-methyl/N-ethyl adjacent to an activating group) is 1. The first-order valence-electron chi connectivity index (χ1n) is 5.65. The van der Waals surface area contributed by atoms with Crippen LogP contribution in [0.1, 0.15) is 26.7 Å². The molecule has 96 valence electrons. The zero-order valence-electron chi connectivity index (χ0n) is 10.7. The van der Waals surface area contributed by atoms with Crippen molar-refractivity contribution < 1.29 is 4.79 Å². The van der Waals surface area contributed by atoms with E-state index < -0.39 is 4.75 Å². The average Bonchev–Trinajstić information content (AvgIpc) is 2.25. The summed E-state index contributed by atoms with van der Waals surface area (Å²) in [6.07, 6.45) is 1.68. The van der Waals surface area contributed by atoms with Crippen molar-refractivity contribution in [3.8, 4) is 0 Å². The molecule has 0 rings (SSSR count). The number of carbonyl (C=O) groups excluding carboxylic acids is 1. The van der Waals surface area contributed by atoms with Crippen molar-refractivity contribution in [2.24, 2.45) is 0 Å². The Bertz CT molecular complexity index is 224. The van der Waals surface area contributed by atoms with Crippen molar-refractivity contribution in [1.82, 2.24) is 10.2 Å². The number of carbonyl (C=O) groups is 1. The van der Waals surface area contributed by atoms with Crippen molar-refractivity contribution in [3.05, 3.63) is 0 Å². The van der Waals surface area contributed by atoms with E-state index in [1.165, 1.54) is 0 Å². The van der Waals surface area contributed by atoms with E-state index in [-0.39, 0.29) is 5.91 Å². The van der Waals surface area contributed by atoms with Gasteiger partial charge in [-0.1, -0.05) is 13.3 Å². The van der Waals surface area contributed by atoms with E-state index in [9.17, 15) is 4.79 Å². The van der Waals surface area contributed by atoms with Crippen LogP contribution in [-0.2, 0) is 4.79 Å². The summed E-state index contributed by atoms with van der Waals surface area (Å²) < 4.78 is -0.635.